The van der Waals surface area contributed by atoms with Crippen LogP contribution in [0.2, 0.25) is 0 Å². The van der Waals surface area contributed by atoms with Gasteiger partial charge in [-0.05, 0) is 17.7 Å². The third kappa shape index (κ3) is 3.38. The Hall–Kier alpha value is -2.37. The van der Waals surface area contributed by atoms with Crippen molar-refractivity contribution < 1.29 is 8.42 Å². The van der Waals surface area contributed by atoms with Crippen LogP contribution in [0.5, 0.6) is 0 Å². The summed E-state index contributed by atoms with van der Waals surface area (Å²) in [5.41, 5.74) is 1.96. The van der Waals surface area contributed by atoms with E-state index in [4.69, 9.17) is 0 Å². The lowest BCUT2D eigenvalue weighted by Gasteiger charge is -2.20. The number of sulfonamides is 1. The summed E-state index contributed by atoms with van der Waals surface area (Å²) < 4.78 is 27.7. The van der Waals surface area contributed by atoms with Crippen LogP contribution in [-0.2, 0) is 16.6 Å². The first-order chi connectivity index (χ1) is 11.9. The molecule has 0 aliphatic rings. The van der Waals surface area contributed by atoms with Crippen molar-refractivity contribution in [3.8, 4) is 0 Å². The van der Waals surface area contributed by atoms with E-state index in [9.17, 15) is 8.42 Å². The third-order valence-corrected chi connectivity index (χ3v) is 6.14. The Labute approximate surface area is 149 Å². The highest BCUT2D eigenvalue weighted by Crippen LogP contribution is 2.31. The summed E-state index contributed by atoms with van der Waals surface area (Å²) in [5, 5.41) is 1.68. The highest BCUT2D eigenvalue weighted by atomic mass is 32.2. The van der Waals surface area contributed by atoms with Crippen LogP contribution in [0.4, 0.5) is 5.69 Å². The average Bonchev–Trinajstić information content (AvgIpc) is 2.61. The molecule has 4 nitrogen and oxygen atoms in total. The molecule has 0 aliphatic carbocycles. The highest BCUT2D eigenvalue weighted by Gasteiger charge is 2.23. The summed E-state index contributed by atoms with van der Waals surface area (Å²) in [7, 11) is 1.94. The van der Waals surface area contributed by atoms with Crippen LogP contribution in [0, 0.1) is 0 Å². The van der Waals surface area contributed by atoms with Gasteiger partial charge in [-0.3, -0.25) is 0 Å². The van der Waals surface area contributed by atoms with Crippen LogP contribution in [0.25, 0.3) is 10.8 Å². The maximum Gasteiger partial charge on any atom is 0.243 e. The maximum atomic E-state index is 13.1. The first-order valence-electron chi connectivity index (χ1n) is 8.10. The molecule has 0 saturated heterocycles. The van der Waals surface area contributed by atoms with Gasteiger partial charge in [0.15, 0.2) is 0 Å². The van der Waals surface area contributed by atoms with E-state index < -0.39 is 10.0 Å². The Bertz CT molecular complexity index is 983. The number of rotatable bonds is 5. The van der Waals surface area contributed by atoms with Gasteiger partial charge in [-0.15, -0.1) is 0 Å². The first-order valence-corrected chi connectivity index (χ1v) is 9.54. The topological polar surface area (TPSA) is 40.6 Å². The number of anilines is 1. The summed E-state index contributed by atoms with van der Waals surface area (Å²) in [6, 6.07) is 20.8. The Morgan fingerprint density at radius 2 is 1.40 bits per heavy atom. The highest BCUT2D eigenvalue weighted by molar-refractivity contribution is 7.89. The van der Waals surface area contributed by atoms with Gasteiger partial charge in [0.2, 0.25) is 10.0 Å². The SMILES string of the molecule is CN(C)c1cccc2c(S(=O)(=O)N(C)Cc3ccccc3)cccc12. The van der Waals surface area contributed by atoms with E-state index in [1.165, 1.54) is 4.31 Å². The van der Waals surface area contributed by atoms with Crippen LogP contribution in [-0.4, -0.2) is 33.9 Å². The fraction of sp³-hybridized carbons (Fsp3) is 0.200. The average molecular weight is 354 g/mol. The minimum Gasteiger partial charge on any atom is -0.377 e. The molecule has 3 aromatic rings. The number of benzene rings is 3. The summed E-state index contributed by atoms with van der Waals surface area (Å²) in [5.74, 6) is 0. The number of nitrogens with zero attached hydrogens (tertiary/aromatic N) is 2. The van der Waals surface area contributed by atoms with Gasteiger partial charge in [0, 0.05) is 44.1 Å². The zero-order valence-electron chi connectivity index (χ0n) is 14.7. The molecule has 3 aromatic carbocycles. The molecule has 130 valence electrons. The predicted octanol–water partition coefficient (Wildman–Crippen LogP) is 3.73. The Morgan fingerprint density at radius 3 is 2.08 bits per heavy atom. The van der Waals surface area contributed by atoms with Gasteiger partial charge in [-0.25, -0.2) is 8.42 Å². The second-order valence-corrected chi connectivity index (χ2v) is 8.28. The molecule has 0 saturated carbocycles. The van der Waals surface area contributed by atoms with E-state index in [1.807, 2.05) is 73.6 Å². The molecule has 0 heterocycles. The minimum absolute atomic E-state index is 0.340. The lowest BCUT2D eigenvalue weighted by molar-refractivity contribution is 0.467. The zero-order chi connectivity index (χ0) is 18.0. The second kappa shape index (κ2) is 6.86. The zero-order valence-corrected chi connectivity index (χ0v) is 15.5. The Balaban J connectivity index is 2.07. The first kappa shape index (κ1) is 17.5. The van der Waals surface area contributed by atoms with Crippen molar-refractivity contribution in [2.24, 2.45) is 0 Å². The van der Waals surface area contributed by atoms with Crippen molar-refractivity contribution in [3.63, 3.8) is 0 Å². The summed E-state index contributed by atoms with van der Waals surface area (Å²) in [4.78, 5) is 2.33. The van der Waals surface area contributed by atoms with E-state index in [1.54, 1.807) is 19.2 Å². The van der Waals surface area contributed by atoms with Crippen LogP contribution >= 0.6 is 0 Å². The van der Waals surface area contributed by atoms with E-state index in [-0.39, 0.29) is 0 Å². The van der Waals surface area contributed by atoms with E-state index in [0.29, 0.717) is 11.4 Å². The van der Waals surface area contributed by atoms with Crippen LogP contribution < -0.4 is 4.90 Å². The van der Waals surface area contributed by atoms with Crippen molar-refractivity contribution in [2.45, 2.75) is 11.4 Å². The molecule has 0 radical (unpaired) electrons. The van der Waals surface area contributed by atoms with Gasteiger partial charge in [0.05, 0.1) is 4.90 Å². The van der Waals surface area contributed by atoms with Crippen molar-refractivity contribution in [2.75, 3.05) is 26.0 Å². The predicted molar refractivity (Wildman–Crippen MR) is 103 cm³/mol. The molecule has 0 unspecified atom stereocenters. The Morgan fingerprint density at radius 1 is 0.760 bits per heavy atom. The number of hydrogen-bond acceptors (Lipinski definition) is 3. The van der Waals surface area contributed by atoms with Crippen LogP contribution in [0.3, 0.4) is 0 Å². The summed E-state index contributed by atoms with van der Waals surface area (Å²) >= 11 is 0. The molecular formula is C20H22N2O2S. The van der Waals surface area contributed by atoms with Crippen LogP contribution in [0.1, 0.15) is 5.56 Å². The summed E-state index contributed by atoms with van der Waals surface area (Å²) in [6.07, 6.45) is 0. The number of hydrogen-bond donors (Lipinski definition) is 0. The van der Waals surface area contributed by atoms with Crippen molar-refractivity contribution in [1.82, 2.24) is 4.31 Å². The molecule has 0 atom stereocenters. The fourth-order valence-electron chi connectivity index (χ4n) is 2.97. The van der Waals surface area contributed by atoms with Gasteiger partial charge >= 0.3 is 0 Å². The molecule has 0 spiro atoms. The van der Waals surface area contributed by atoms with Crippen molar-refractivity contribution in [3.05, 3.63) is 72.3 Å². The van der Waals surface area contributed by atoms with E-state index in [0.717, 1.165) is 22.0 Å². The smallest absolute Gasteiger partial charge is 0.243 e. The van der Waals surface area contributed by atoms with E-state index in [2.05, 4.69) is 0 Å². The standard InChI is InChI=1S/C20H22N2O2S/c1-21(2)19-13-7-12-18-17(19)11-8-14-20(18)25(23,24)22(3)15-16-9-5-4-6-10-16/h4-14H,15H2,1-3H3. The molecule has 0 aromatic heterocycles. The lowest BCUT2D eigenvalue weighted by atomic mass is 10.1. The Kier molecular flexibility index (Phi) is 4.79. The molecule has 0 aliphatic heterocycles. The largest absolute Gasteiger partial charge is 0.377 e. The maximum absolute atomic E-state index is 13.1. The van der Waals surface area contributed by atoms with Gasteiger partial charge in [0.1, 0.15) is 0 Å². The molecule has 3 rings (SSSR count). The molecule has 0 fully saturated rings. The molecule has 5 heteroatoms. The van der Waals surface area contributed by atoms with Crippen LogP contribution in [0.15, 0.2) is 71.6 Å². The number of fused-ring (bicyclic) bond motifs is 1. The molecule has 0 amide bonds. The monoisotopic (exact) mass is 354 g/mol. The molecule has 0 N–H and O–H groups in total. The molecular weight excluding hydrogens is 332 g/mol. The third-order valence-electron chi connectivity index (χ3n) is 4.28. The minimum atomic E-state index is -3.59. The van der Waals surface area contributed by atoms with Gasteiger partial charge in [0.25, 0.3) is 0 Å². The molecule has 0 bridgehead atoms. The lowest BCUT2D eigenvalue weighted by Crippen LogP contribution is -2.26. The van der Waals surface area contributed by atoms with Gasteiger partial charge < -0.3 is 4.90 Å². The fourth-order valence-corrected chi connectivity index (χ4v) is 4.33. The summed E-state index contributed by atoms with van der Waals surface area (Å²) in [6.45, 7) is 0.340. The van der Waals surface area contributed by atoms with Gasteiger partial charge in [-0.1, -0.05) is 54.6 Å². The molecule has 25 heavy (non-hydrogen) atoms. The van der Waals surface area contributed by atoms with Crippen molar-refractivity contribution >= 4 is 26.5 Å². The van der Waals surface area contributed by atoms with E-state index >= 15 is 0 Å². The normalized spacial score (nSPS) is 11.8. The van der Waals surface area contributed by atoms with Crippen molar-refractivity contribution in [1.29, 1.82) is 0 Å². The van der Waals surface area contributed by atoms with Gasteiger partial charge in [-0.2, -0.15) is 4.31 Å². The quantitative estimate of drug-likeness (QED) is 0.701. The second-order valence-electron chi connectivity index (χ2n) is 6.27.